The summed E-state index contributed by atoms with van der Waals surface area (Å²) in [6.45, 7) is 1.08. The van der Waals surface area contributed by atoms with Gasteiger partial charge < -0.3 is 19.7 Å². The highest BCUT2D eigenvalue weighted by Gasteiger charge is 2.50. The highest BCUT2D eigenvalue weighted by atomic mass is 79.9. The molecule has 1 saturated heterocycles. The van der Waals surface area contributed by atoms with Crippen LogP contribution in [0.3, 0.4) is 0 Å². The predicted molar refractivity (Wildman–Crippen MR) is 56.7 cm³/mol. The molecule has 0 radical (unpaired) electrons. The van der Waals surface area contributed by atoms with Crippen LogP contribution in [-0.2, 0) is 24.4 Å². The molecule has 0 aromatic carbocycles. The maximum atomic E-state index is 10.8. The van der Waals surface area contributed by atoms with Crippen molar-refractivity contribution in [3.63, 3.8) is 0 Å². The van der Waals surface area contributed by atoms with Gasteiger partial charge in [-0.3, -0.25) is 9.35 Å². The van der Waals surface area contributed by atoms with Crippen molar-refractivity contribution < 1.29 is 37.5 Å². The van der Waals surface area contributed by atoms with Crippen molar-refractivity contribution in [3.8, 4) is 0 Å². The fourth-order valence-corrected chi connectivity index (χ4v) is 2.93. The van der Waals surface area contributed by atoms with Gasteiger partial charge in [0.05, 0.1) is 0 Å². The summed E-state index contributed by atoms with van der Waals surface area (Å²) in [5.41, 5.74) is -2.01. The first-order chi connectivity index (χ1) is 7.64. The van der Waals surface area contributed by atoms with E-state index in [-0.39, 0.29) is 0 Å². The molecular weight excluding hydrogens is 324 g/mol. The maximum Gasteiger partial charge on any atom is 0.303 e. The molecule has 5 atom stereocenters. The zero-order valence-electron chi connectivity index (χ0n) is 8.56. The third-order valence-electron chi connectivity index (χ3n) is 2.08. The standard InChI is InChI=1S/C7H11BrO8S/c1-2(9)15-5-3(10)4(11)7(16-6(5)8)17(12,13)14/h3-7,10-11H,1H3,(H,12,13,14)/t3-,4-,5+,6-,7?/m0/s1. The van der Waals surface area contributed by atoms with Crippen LogP contribution in [0.4, 0.5) is 0 Å². The summed E-state index contributed by atoms with van der Waals surface area (Å²) in [6.07, 6.45) is -4.91. The van der Waals surface area contributed by atoms with E-state index >= 15 is 0 Å². The minimum Gasteiger partial charge on any atom is -0.456 e. The maximum absolute atomic E-state index is 10.8. The number of hydrogen-bond acceptors (Lipinski definition) is 7. The number of hydrogen-bond donors (Lipinski definition) is 3. The number of halogens is 1. The molecule has 0 aromatic rings. The molecule has 10 heteroatoms. The molecule has 100 valence electrons. The number of carbonyl (C=O) groups is 1. The van der Waals surface area contributed by atoms with Crippen molar-refractivity contribution in [1.29, 1.82) is 0 Å². The minimum absolute atomic E-state index is 0.736. The van der Waals surface area contributed by atoms with Gasteiger partial charge in [-0.25, -0.2) is 0 Å². The van der Waals surface area contributed by atoms with Crippen molar-refractivity contribution in [1.82, 2.24) is 0 Å². The van der Waals surface area contributed by atoms with Crippen LogP contribution in [0.25, 0.3) is 0 Å². The van der Waals surface area contributed by atoms with Gasteiger partial charge in [-0.1, -0.05) is 15.9 Å². The van der Waals surface area contributed by atoms with E-state index in [4.69, 9.17) is 9.29 Å². The first-order valence-electron chi connectivity index (χ1n) is 4.43. The Morgan fingerprint density at radius 2 is 1.88 bits per heavy atom. The van der Waals surface area contributed by atoms with Crippen molar-refractivity contribution in [2.75, 3.05) is 0 Å². The van der Waals surface area contributed by atoms with Crippen LogP contribution in [0.5, 0.6) is 0 Å². The van der Waals surface area contributed by atoms with Crippen LogP contribution >= 0.6 is 15.9 Å². The van der Waals surface area contributed by atoms with E-state index in [1.54, 1.807) is 0 Å². The van der Waals surface area contributed by atoms with Crippen LogP contribution in [0.15, 0.2) is 0 Å². The van der Waals surface area contributed by atoms with Crippen LogP contribution in [0.2, 0.25) is 0 Å². The second-order valence-electron chi connectivity index (χ2n) is 3.43. The monoisotopic (exact) mass is 334 g/mol. The number of aliphatic hydroxyl groups is 2. The van der Waals surface area contributed by atoms with Crippen molar-refractivity contribution in [3.05, 3.63) is 0 Å². The summed E-state index contributed by atoms with van der Waals surface area (Å²) >= 11 is 2.84. The average molecular weight is 335 g/mol. The molecule has 1 unspecified atom stereocenters. The SMILES string of the molecule is CC(=O)O[C@@H]1[C@@H](O)[C@H](O)C(S(=O)(=O)O)O[C@@H]1Br. The second-order valence-corrected chi connectivity index (χ2v) is 5.82. The van der Waals surface area contributed by atoms with Gasteiger partial charge in [0.1, 0.15) is 12.2 Å². The molecule has 1 aliphatic rings. The molecule has 1 heterocycles. The highest BCUT2D eigenvalue weighted by molar-refractivity contribution is 9.09. The summed E-state index contributed by atoms with van der Waals surface area (Å²) in [4.78, 5) is 10.7. The molecule has 8 nitrogen and oxygen atoms in total. The lowest BCUT2D eigenvalue weighted by molar-refractivity contribution is -0.196. The molecule has 0 spiro atoms. The minimum atomic E-state index is -4.70. The molecule has 0 amide bonds. The summed E-state index contributed by atoms with van der Waals surface area (Å²) in [6, 6.07) is 0. The van der Waals surface area contributed by atoms with E-state index in [0.29, 0.717) is 0 Å². The largest absolute Gasteiger partial charge is 0.456 e. The van der Waals surface area contributed by atoms with E-state index in [2.05, 4.69) is 20.7 Å². The van der Waals surface area contributed by atoms with Gasteiger partial charge in [-0.2, -0.15) is 8.42 Å². The van der Waals surface area contributed by atoms with Gasteiger partial charge in [-0.15, -0.1) is 0 Å². The quantitative estimate of drug-likeness (QED) is 0.319. The van der Waals surface area contributed by atoms with Gasteiger partial charge in [0.2, 0.25) is 5.44 Å². The Balaban J connectivity index is 2.91. The number of carbonyl (C=O) groups excluding carboxylic acids is 1. The lowest BCUT2D eigenvalue weighted by atomic mass is 10.1. The summed E-state index contributed by atoms with van der Waals surface area (Å²) in [7, 11) is -4.70. The van der Waals surface area contributed by atoms with E-state index in [0.717, 1.165) is 6.92 Å². The third kappa shape index (κ3) is 3.36. The summed E-state index contributed by atoms with van der Waals surface area (Å²) in [5, 5.41) is 17.9. The van der Waals surface area contributed by atoms with Crippen molar-refractivity contribution >= 4 is 32.0 Å². The Labute approximate surface area is 105 Å². The lowest BCUT2D eigenvalue weighted by Gasteiger charge is -2.38. The topological polar surface area (TPSA) is 130 Å². The molecule has 0 bridgehead atoms. The average Bonchev–Trinajstić information content (AvgIpc) is 2.16. The van der Waals surface area contributed by atoms with Gasteiger partial charge in [0, 0.05) is 6.92 Å². The number of rotatable bonds is 2. The summed E-state index contributed by atoms with van der Waals surface area (Å²) < 4.78 is 39.8. The van der Waals surface area contributed by atoms with Gasteiger partial charge >= 0.3 is 5.97 Å². The number of aliphatic hydroxyl groups excluding tert-OH is 2. The first kappa shape index (κ1) is 14.8. The van der Waals surface area contributed by atoms with Crippen LogP contribution in [0.1, 0.15) is 6.92 Å². The zero-order chi connectivity index (χ0) is 13.4. The molecule has 3 N–H and O–H groups in total. The Morgan fingerprint density at radius 3 is 2.29 bits per heavy atom. The fraction of sp³-hybridized carbons (Fsp3) is 0.857. The van der Waals surface area contributed by atoms with Crippen LogP contribution < -0.4 is 0 Å². The molecule has 1 aliphatic heterocycles. The molecule has 0 saturated carbocycles. The van der Waals surface area contributed by atoms with Gasteiger partial charge in [0.25, 0.3) is 10.1 Å². The Bertz CT molecular complexity index is 395. The number of esters is 1. The Morgan fingerprint density at radius 1 is 1.35 bits per heavy atom. The predicted octanol–water partition coefficient (Wildman–Crippen LogP) is -1.39. The lowest BCUT2D eigenvalue weighted by Crippen LogP contribution is -2.59. The second kappa shape index (κ2) is 5.16. The van der Waals surface area contributed by atoms with Crippen LogP contribution in [0, 0.1) is 0 Å². The van der Waals surface area contributed by atoms with Crippen molar-refractivity contribution in [2.45, 2.75) is 35.7 Å². The summed E-state index contributed by atoms with van der Waals surface area (Å²) in [5.74, 6) is -0.736. The Hall–Kier alpha value is -0.260. The van der Waals surface area contributed by atoms with Crippen LogP contribution in [-0.4, -0.2) is 57.9 Å². The molecule has 1 rings (SSSR count). The molecule has 1 fully saturated rings. The van der Waals surface area contributed by atoms with Gasteiger partial charge in [-0.05, 0) is 0 Å². The third-order valence-corrected chi connectivity index (χ3v) is 3.80. The van der Waals surface area contributed by atoms with E-state index in [9.17, 15) is 23.4 Å². The fourth-order valence-electron chi connectivity index (χ4n) is 1.36. The number of alkyl halides is 1. The number of ether oxygens (including phenoxy) is 2. The Kier molecular flexibility index (Phi) is 4.49. The molecule has 0 aliphatic carbocycles. The smallest absolute Gasteiger partial charge is 0.303 e. The molecule has 0 aromatic heterocycles. The molecule has 17 heavy (non-hydrogen) atoms. The normalized spacial score (nSPS) is 38.8. The zero-order valence-corrected chi connectivity index (χ0v) is 11.0. The van der Waals surface area contributed by atoms with E-state index in [1.165, 1.54) is 0 Å². The first-order valence-corrected chi connectivity index (χ1v) is 6.85. The van der Waals surface area contributed by atoms with E-state index in [1.807, 2.05) is 0 Å². The van der Waals surface area contributed by atoms with Gasteiger partial charge in [0.15, 0.2) is 11.1 Å². The van der Waals surface area contributed by atoms with Crippen molar-refractivity contribution in [2.24, 2.45) is 0 Å². The highest BCUT2D eigenvalue weighted by Crippen LogP contribution is 2.29. The van der Waals surface area contributed by atoms with E-state index < -0.39 is 44.8 Å². The molecular formula is C7H11BrO8S.